The zero-order valence-corrected chi connectivity index (χ0v) is 17.9. The lowest BCUT2D eigenvalue weighted by Gasteiger charge is -2.25. The van der Waals surface area contributed by atoms with E-state index in [2.05, 4.69) is 0 Å². The minimum Gasteiger partial charge on any atom is -0.494 e. The fourth-order valence-electron chi connectivity index (χ4n) is 3.84. The van der Waals surface area contributed by atoms with E-state index in [4.69, 9.17) is 4.74 Å². The second kappa shape index (κ2) is 9.06. The number of carbonyl (C=O) groups excluding carboxylic acids is 2. The van der Waals surface area contributed by atoms with Crippen LogP contribution in [0, 0.1) is 5.82 Å². The van der Waals surface area contributed by atoms with Crippen LogP contribution >= 0.6 is 0 Å². The van der Waals surface area contributed by atoms with Gasteiger partial charge < -0.3 is 9.64 Å². The Labute approximate surface area is 186 Å². The molecule has 32 heavy (non-hydrogen) atoms. The standard InChI is InChI=1S/C26H23FN2O3/c1-3-28(20-9-6-5-7-10-20)24-23(18-13-15-19(27)16-14-18)25(30)29(26(24)31)21-11-8-12-22(17-21)32-4-2/h5-17H,3-4H2,1-2H3. The van der Waals surface area contributed by atoms with Crippen molar-refractivity contribution in [1.82, 2.24) is 0 Å². The van der Waals surface area contributed by atoms with Crippen LogP contribution in [0.15, 0.2) is 84.6 Å². The van der Waals surface area contributed by atoms with Crippen molar-refractivity contribution in [3.63, 3.8) is 0 Å². The first kappa shape index (κ1) is 21.3. The fourth-order valence-corrected chi connectivity index (χ4v) is 3.84. The number of para-hydroxylation sites is 1. The molecule has 0 bridgehead atoms. The predicted octanol–water partition coefficient (Wildman–Crippen LogP) is 5.04. The minimum absolute atomic E-state index is 0.238. The van der Waals surface area contributed by atoms with Crippen LogP contribution in [-0.4, -0.2) is 25.0 Å². The van der Waals surface area contributed by atoms with Crippen LogP contribution in [0.3, 0.4) is 0 Å². The number of imide groups is 1. The monoisotopic (exact) mass is 430 g/mol. The van der Waals surface area contributed by atoms with E-state index in [-0.39, 0.29) is 11.3 Å². The third-order valence-electron chi connectivity index (χ3n) is 5.23. The highest BCUT2D eigenvalue weighted by molar-refractivity contribution is 6.46. The van der Waals surface area contributed by atoms with Gasteiger partial charge in [-0.2, -0.15) is 0 Å². The van der Waals surface area contributed by atoms with Crippen molar-refractivity contribution in [1.29, 1.82) is 0 Å². The molecule has 0 aliphatic carbocycles. The largest absolute Gasteiger partial charge is 0.494 e. The topological polar surface area (TPSA) is 49.9 Å². The lowest BCUT2D eigenvalue weighted by Crippen LogP contribution is -2.35. The zero-order chi connectivity index (χ0) is 22.7. The first-order valence-electron chi connectivity index (χ1n) is 10.5. The summed E-state index contributed by atoms with van der Waals surface area (Å²) < 4.78 is 19.1. The summed E-state index contributed by atoms with van der Waals surface area (Å²) in [7, 11) is 0. The van der Waals surface area contributed by atoms with Crippen LogP contribution in [0.2, 0.25) is 0 Å². The molecule has 3 aromatic rings. The van der Waals surface area contributed by atoms with Gasteiger partial charge in [0.1, 0.15) is 17.3 Å². The number of benzene rings is 3. The van der Waals surface area contributed by atoms with Gasteiger partial charge in [0.25, 0.3) is 11.8 Å². The molecule has 0 saturated carbocycles. The quantitative estimate of drug-likeness (QED) is 0.493. The van der Waals surface area contributed by atoms with Gasteiger partial charge in [-0.3, -0.25) is 9.59 Å². The minimum atomic E-state index is -0.459. The van der Waals surface area contributed by atoms with Gasteiger partial charge in [0.05, 0.1) is 17.9 Å². The molecule has 3 aromatic carbocycles. The van der Waals surface area contributed by atoms with Crippen molar-refractivity contribution in [3.8, 4) is 5.75 Å². The molecule has 5 nitrogen and oxygen atoms in total. The van der Waals surface area contributed by atoms with E-state index >= 15 is 0 Å². The molecule has 0 N–H and O–H groups in total. The average molecular weight is 430 g/mol. The normalized spacial score (nSPS) is 13.7. The van der Waals surface area contributed by atoms with Gasteiger partial charge in [-0.25, -0.2) is 9.29 Å². The maximum Gasteiger partial charge on any atom is 0.282 e. The summed E-state index contributed by atoms with van der Waals surface area (Å²) >= 11 is 0. The van der Waals surface area contributed by atoms with Gasteiger partial charge in [0.15, 0.2) is 0 Å². The van der Waals surface area contributed by atoms with E-state index in [0.717, 1.165) is 10.6 Å². The molecule has 6 heteroatoms. The van der Waals surface area contributed by atoms with E-state index in [1.807, 2.05) is 49.1 Å². The van der Waals surface area contributed by atoms with Crippen LogP contribution in [0.5, 0.6) is 5.75 Å². The van der Waals surface area contributed by atoms with Crippen molar-refractivity contribution >= 4 is 28.8 Å². The van der Waals surface area contributed by atoms with Gasteiger partial charge in [-0.05, 0) is 55.8 Å². The van der Waals surface area contributed by atoms with Crippen molar-refractivity contribution in [2.75, 3.05) is 23.0 Å². The number of hydrogen-bond donors (Lipinski definition) is 0. The second-order valence-electron chi connectivity index (χ2n) is 7.19. The molecule has 1 aliphatic rings. The summed E-state index contributed by atoms with van der Waals surface area (Å²) in [4.78, 5) is 30.3. The second-order valence-corrected chi connectivity index (χ2v) is 7.19. The van der Waals surface area contributed by atoms with E-state index in [1.165, 1.54) is 24.3 Å². The van der Waals surface area contributed by atoms with Crippen LogP contribution < -0.4 is 14.5 Å². The molecule has 1 aliphatic heterocycles. The molecule has 162 valence electrons. The zero-order valence-electron chi connectivity index (χ0n) is 17.9. The summed E-state index contributed by atoms with van der Waals surface area (Å²) in [5, 5.41) is 0. The van der Waals surface area contributed by atoms with Crippen molar-refractivity contribution in [3.05, 3.63) is 95.9 Å². The van der Waals surface area contributed by atoms with Crippen molar-refractivity contribution in [2.24, 2.45) is 0 Å². The predicted molar refractivity (Wildman–Crippen MR) is 123 cm³/mol. The maximum atomic E-state index is 13.7. The molecule has 0 unspecified atom stereocenters. The molecule has 0 spiro atoms. The van der Waals surface area contributed by atoms with E-state index in [0.29, 0.717) is 30.2 Å². The molecule has 0 aromatic heterocycles. The number of halogens is 1. The molecule has 1 heterocycles. The number of anilines is 2. The highest BCUT2D eigenvalue weighted by atomic mass is 19.1. The Hall–Kier alpha value is -3.93. The molecule has 0 atom stereocenters. The maximum absolute atomic E-state index is 13.7. The van der Waals surface area contributed by atoms with E-state index < -0.39 is 17.6 Å². The highest BCUT2D eigenvalue weighted by Gasteiger charge is 2.42. The Balaban J connectivity index is 1.87. The Morgan fingerprint density at radius 1 is 0.875 bits per heavy atom. The van der Waals surface area contributed by atoms with Gasteiger partial charge in [0.2, 0.25) is 0 Å². The highest BCUT2D eigenvalue weighted by Crippen LogP contribution is 2.37. The Bertz CT molecular complexity index is 1170. The van der Waals surface area contributed by atoms with Crippen molar-refractivity contribution < 1.29 is 18.7 Å². The summed E-state index contributed by atoms with van der Waals surface area (Å²) in [6.07, 6.45) is 0. The lowest BCUT2D eigenvalue weighted by molar-refractivity contribution is -0.120. The van der Waals surface area contributed by atoms with Crippen LogP contribution in [0.4, 0.5) is 15.8 Å². The summed E-state index contributed by atoms with van der Waals surface area (Å²) in [6, 6.07) is 21.9. The third-order valence-corrected chi connectivity index (χ3v) is 5.23. The van der Waals surface area contributed by atoms with Gasteiger partial charge in [0, 0.05) is 18.3 Å². The smallest absolute Gasteiger partial charge is 0.282 e. The third kappa shape index (κ3) is 3.87. The van der Waals surface area contributed by atoms with Gasteiger partial charge in [-0.15, -0.1) is 0 Å². The van der Waals surface area contributed by atoms with Gasteiger partial charge in [-0.1, -0.05) is 36.4 Å². The number of nitrogens with zero attached hydrogens (tertiary/aromatic N) is 2. The lowest BCUT2D eigenvalue weighted by atomic mass is 10.0. The molecule has 0 fully saturated rings. The number of likely N-dealkylation sites (N-methyl/N-ethyl adjacent to an activating group) is 1. The molecule has 2 amide bonds. The van der Waals surface area contributed by atoms with E-state index in [1.54, 1.807) is 24.3 Å². The molecular formula is C26H23FN2O3. The first-order valence-corrected chi connectivity index (χ1v) is 10.5. The SMILES string of the molecule is CCOc1cccc(N2C(=O)C(c3ccc(F)cc3)=C(N(CC)c3ccccc3)C2=O)c1. The van der Waals surface area contributed by atoms with Crippen LogP contribution in [0.1, 0.15) is 19.4 Å². The number of amides is 2. The molecular weight excluding hydrogens is 407 g/mol. The number of carbonyl (C=O) groups is 2. The van der Waals surface area contributed by atoms with Crippen molar-refractivity contribution in [2.45, 2.75) is 13.8 Å². The molecule has 0 radical (unpaired) electrons. The number of ether oxygens (including phenoxy) is 1. The first-order chi connectivity index (χ1) is 15.5. The number of hydrogen-bond acceptors (Lipinski definition) is 4. The molecule has 4 rings (SSSR count). The summed E-state index contributed by atoms with van der Waals surface area (Å²) in [5.41, 5.74) is 2.19. The summed E-state index contributed by atoms with van der Waals surface area (Å²) in [6.45, 7) is 4.71. The van der Waals surface area contributed by atoms with Crippen LogP contribution in [-0.2, 0) is 9.59 Å². The summed E-state index contributed by atoms with van der Waals surface area (Å²) in [5.74, 6) is -0.740. The Morgan fingerprint density at radius 2 is 1.59 bits per heavy atom. The number of rotatable bonds is 7. The Morgan fingerprint density at radius 3 is 2.25 bits per heavy atom. The average Bonchev–Trinajstić information content (AvgIpc) is 3.06. The van der Waals surface area contributed by atoms with Crippen LogP contribution in [0.25, 0.3) is 5.57 Å². The Kier molecular flexibility index (Phi) is 6.03. The van der Waals surface area contributed by atoms with Gasteiger partial charge >= 0.3 is 0 Å². The fraction of sp³-hybridized carbons (Fsp3) is 0.154. The molecule has 0 saturated heterocycles. The van der Waals surface area contributed by atoms with E-state index in [9.17, 15) is 14.0 Å².